The van der Waals surface area contributed by atoms with Gasteiger partial charge in [-0.15, -0.1) is 0 Å². The van der Waals surface area contributed by atoms with E-state index in [9.17, 15) is 5.26 Å². The summed E-state index contributed by atoms with van der Waals surface area (Å²) in [6.07, 6.45) is 9.30. The number of fused-ring (bicyclic) bond motifs is 2. The first-order valence-electron chi connectivity index (χ1n) is 13.0. The molecule has 6 aromatic rings. The van der Waals surface area contributed by atoms with Crippen LogP contribution < -0.4 is 0 Å². The molecule has 0 spiro atoms. The summed E-state index contributed by atoms with van der Waals surface area (Å²) < 4.78 is 4.07. The van der Waals surface area contributed by atoms with Crippen LogP contribution in [0.25, 0.3) is 50.5 Å². The fourth-order valence-electron chi connectivity index (χ4n) is 5.46. The third-order valence-corrected chi connectivity index (χ3v) is 7.36. The molecule has 0 amide bonds. The molecule has 0 radical (unpaired) electrons. The summed E-state index contributed by atoms with van der Waals surface area (Å²) in [6, 6.07) is 30.8. The molecule has 0 fully saturated rings. The lowest BCUT2D eigenvalue weighted by molar-refractivity contribution is 0.758. The van der Waals surface area contributed by atoms with Crippen LogP contribution in [0.4, 0.5) is 0 Å². The fraction of sp³-hybridized carbons (Fsp3) is 0.0909. The molecule has 6 nitrogen and oxygen atoms in total. The molecular weight excluding hydrogens is 480 g/mol. The van der Waals surface area contributed by atoms with E-state index in [0.717, 1.165) is 45.6 Å². The Hall–Kier alpha value is -5.28. The molecule has 3 aromatic carbocycles. The molecule has 186 valence electrons. The van der Waals surface area contributed by atoms with E-state index in [1.54, 1.807) is 6.33 Å². The van der Waals surface area contributed by atoms with Crippen molar-refractivity contribution in [1.82, 2.24) is 24.1 Å². The van der Waals surface area contributed by atoms with Crippen LogP contribution in [0.5, 0.6) is 0 Å². The summed E-state index contributed by atoms with van der Waals surface area (Å²) >= 11 is 0. The van der Waals surface area contributed by atoms with Gasteiger partial charge in [0, 0.05) is 17.3 Å². The van der Waals surface area contributed by atoms with Crippen molar-refractivity contribution in [3.8, 4) is 29.0 Å². The Bertz CT molecular complexity index is 1970. The number of benzene rings is 3. The second kappa shape index (κ2) is 9.23. The van der Waals surface area contributed by atoms with Crippen molar-refractivity contribution >= 4 is 27.6 Å². The van der Waals surface area contributed by atoms with Gasteiger partial charge < -0.3 is 0 Å². The standard InChI is InChI=1S/C33H24N6/c1-22-11-5-6-14-24(22)25-15-7-8-16-26(25)33-37-27-17-9-10-18-29(27)39(33)31-19-30-32(28(20-34)36-31)35-21-38(30)23-12-3-2-4-13-23/h2-10,12-19,21-22H,11H2,1H3. The van der Waals surface area contributed by atoms with Crippen LogP contribution in [0.2, 0.25) is 0 Å². The van der Waals surface area contributed by atoms with E-state index in [2.05, 4.69) is 59.0 Å². The molecule has 39 heavy (non-hydrogen) atoms. The molecule has 0 aliphatic heterocycles. The van der Waals surface area contributed by atoms with Crippen molar-refractivity contribution in [2.75, 3.05) is 0 Å². The summed E-state index contributed by atoms with van der Waals surface area (Å²) in [6.45, 7) is 2.26. The normalized spacial score (nSPS) is 15.0. The van der Waals surface area contributed by atoms with E-state index in [0.29, 0.717) is 17.3 Å². The first kappa shape index (κ1) is 22.9. The molecule has 7 rings (SSSR count). The first-order chi connectivity index (χ1) is 19.2. The van der Waals surface area contributed by atoms with Crippen molar-refractivity contribution in [2.45, 2.75) is 13.3 Å². The number of imidazole rings is 2. The van der Waals surface area contributed by atoms with Crippen LogP contribution in [0.3, 0.4) is 0 Å². The lowest BCUT2D eigenvalue weighted by Crippen LogP contribution is -2.06. The van der Waals surface area contributed by atoms with Gasteiger partial charge in [-0.05, 0) is 47.7 Å². The highest BCUT2D eigenvalue weighted by atomic mass is 15.2. The number of hydrogen-bond acceptors (Lipinski definition) is 4. The predicted octanol–water partition coefficient (Wildman–Crippen LogP) is 7.28. The zero-order chi connectivity index (χ0) is 26.3. The van der Waals surface area contributed by atoms with Gasteiger partial charge in [0.2, 0.25) is 0 Å². The maximum atomic E-state index is 10.1. The molecule has 0 saturated heterocycles. The summed E-state index contributed by atoms with van der Waals surface area (Å²) in [5.41, 5.74) is 7.89. The summed E-state index contributed by atoms with van der Waals surface area (Å²) in [5.74, 6) is 1.81. The average molecular weight is 505 g/mol. The van der Waals surface area contributed by atoms with Gasteiger partial charge in [-0.2, -0.15) is 5.26 Å². The molecule has 0 N–H and O–H groups in total. The molecule has 1 unspecified atom stereocenters. The molecular formula is C33H24N6. The van der Waals surface area contributed by atoms with Crippen molar-refractivity contribution in [3.05, 3.63) is 121 Å². The lowest BCUT2D eigenvalue weighted by atomic mass is 9.86. The first-order valence-corrected chi connectivity index (χ1v) is 13.0. The van der Waals surface area contributed by atoms with Crippen molar-refractivity contribution < 1.29 is 0 Å². The molecule has 1 aliphatic rings. The van der Waals surface area contributed by atoms with E-state index >= 15 is 0 Å². The number of nitriles is 1. The van der Waals surface area contributed by atoms with Crippen molar-refractivity contribution in [1.29, 1.82) is 5.26 Å². The topological polar surface area (TPSA) is 72.3 Å². The van der Waals surface area contributed by atoms with Gasteiger partial charge in [-0.3, -0.25) is 9.13 Å². The van der Waals surface area contributed by atoms with Gasteiger partial charge in [0.15, 0.2) is 5.69 Å². The monoisotopic (exact) mass is 504 g/mol. The van der Waals surface area contributed by atoms with Crippen LogP contribution in [0.1, 0.15) is 24.6 Å². The maximum Gasteiger partial charge on any atom is 0.170 e. The van der Waals surface area contributed by atoms with Gasteiger partial charge in [0.05, 0.1) is 16.6 Å². The maximum absolute atomic E-state index is 10.1. The Morgan fingerprint density at radius 1 is 0.872 bits per heavy atom. The minimum atomic E-state index is 0.281. The smallest absolute Gasteiger partial charge is 0.170 e. The van der Waals surface area contributed by atoms with E-state index in [1.165, 1.54) is 5.57 Å². The summed E-state index contributed by atoms with van der Waals surface area (Å²) in [7, 11) is 0. The summed E-state index contributed by atoms with van der Waals surface area (Å²) in [4.78, 5) is 14.5. The van der Waals surface area contributed by atoms with E-state index in [-0.39, 0.29) is 5.69 Å². The summed E-state index contributed by atoms with van der Waals surface area (Å²) in [5, 5.41) is 10.1. The highest BCUT2D eigenvalue weighted by Crippen LogP contribution is 2.38. The number of aromatic nitrogens is 5. The van der Waals surface area contributed by atoms with Crippen LogP contribution in [0, 0.1) is 17.2 Å². The SMILES string of the molecule is CC1CC=CC=C1c1ccccc1-c1nc2ccccc2n1-c1cc2c(ncn2-c2ccccc2)c(C#N)n1. The van der Waals surface area contributed by atoms with Crippen LogP contribution in [-0.4, -0.2) is 24.1 Å². The minimum Gasteiger partial charge on any atom is -0.299 e. The lowest BCUT2D eigenvalue weighted by Gasteiger charge is -2.20. The molecule has 1 atom stereocenters. The van der Waals surface area contributed by atoms with Gasteiger partial charge in [-0.1, -0.05) is 79.7 Å². The fourth-order valence-corrected chi connectivity index (χ4v) is 5.46. The quantitative estimate of drug-likeness (QED) is 0.253. The Morgan fingerprint density at radius 3 is 2.46 bits per heavy atom. The van der Waals surface area contributed by atoms with Crippen LogP contribution in [-0.2, 0) is 0 Å². The van der Waals surface area contributed by atoms with Crippen LogP contribution >= 0.6 is 0 Å². The van der Waals surface area contributed by atoms with E-state index in [4.69, 9.17) is 9.97 Å². The Morgan fingerprint density at radius 2 is 1.64 bits per heavy atom. The Labute approximate surface area is 225 Å². The number of pyridine rings is 1. The van der Waals surface area contributed by atoms with Gasteiger partial charge in [-0.25, -0.2) is 15.0 Å². The zero-order valence-electron chi connectivity index (χ0n) is 21.4. The predicted molar refractivity (Wildman–Crippen MR) is 155 cm³/mol. The molecule has 3 heterocycles. The molecule has 1 aliphatic carbocycles. The second-order valence-electron chi connectivity index (χ2n) is 9.75. The van der Waals surface area contributed by atoms with Crippen molar-refractivity contribution in [2.24, 2.45) is 5.92 Å². The number of nitrogens with zero attached hydrogens (tertiary/aromatic N) is 6. The van der Waals surface area contributed by atoms with E-state index in [1.807, 2.05) is 71.3 Å². The highest BCUT2D eigenvalue weighted by molar-refractivity contribution is 5.89. The molecule has 0 bridgehead atoms. The van der Waals surface area contributed by atoms with Gasteiger partial charge in [0.1, 0.15) is 29.6 Å². The third-order valence-electron chi connectivity index (χ3n) is 7.36. The van der Waals surface area contributed by atoms with Gasteiger partial charge in [0.25, 0.3) is 0 Å². The largest absolute Gasteiger partial charge is 0.299 e. The number of rotatable bonds is 4. The van der Waals surface area contributed by atoms with Crippen LogP contribution in [0.15, 0.2) is 109 Å². The molecule has 0 saturated carbocycles. The third kappa shape index (κ3) is 3.75. The highest BCUT2D eigenvalue weighted by Gasteiger charge is 2.23. The zero-order valence-corrected chi connectivity index (χ0v) is 21.4. The van der Waals surface area contributed by atoms with Crippen molar-refractivity contribution in [3.63, 3.8) is 0 Å². The Kier molecular flexibility index (Phi) is 5.42. The number of para-hydroxylation sites is 3. The molecule has 3 aromatic heterocycles. The molecule has 6 heteroatoms. The second-order valence-corrected chi connectivity index (χ2v) is 9.75. The van der Waals surface area contributed by atoms with Gasteiger partial charge >= 0.3 is 0 Å². The number of hydrogen-bond donors (Lipinski definition) is 0. The van der Waals surface area contributed by atoms with E-state index < -0.39 is 0 Å². The Balaban J connectivity index is 1.52. The number of allylic oxidation sites excluding steroid dienone is 4. The average Bonchev–Trinajstić information content (AvgIpc) is 3.59. The minimum absolute atomic E-state index is 0.281.